The van der Waals surface area contributed by atoms with Gasteiger partial charge >= 0.3 is 0 Å². The van der Waals surface area contributed by atoms with Crippen LogP contribution in [0.25, 0.3) is 21.3 Å². The predicted molar refractivity (Wildman–Crippen MR) is 141 cm³/mol. The van der Waals surface area contributed by atoms with Gasteiger partial charge in [-0.05, 0) is 80.6 Å². The highest BCUT2D eigenvalue weighted by Gasteiger charge is 2.31. The van der Waals surface area contributed by atoms with Crippen molar-refractivity contribution in [1.82, 2.24) is 20.5 Å². The molecule has 180 valence electrons. The van der Waals surface area contributed by atoms with Crippen molar-refractivity contribution in [2.45, 2.75) is 32.7 Å². The number of benzene rings is 2. The fourth-order valence-corrected chi connectivity index (χ4v) is 5.68. The number of aromatic nitrogens is 3. The van der Waals surface area contributed by atoms with Gasteiger partial charge in [0.1, 0.15) is 16.6 Å². The topological polar surface area (TPSA) is 80.2 Å². The smallest absolute Gasteiger partial charge is 0.259 e. The van der Waals surface area contributed by atoms with Gasteiger partial charge in [-0.25, -0.2) is 4.98 Å². The quantitative estimate of drug-likeness (QED) is 0.388. The van der Waals surface area contributed by atoms with Crippen molar-refractivity contribution in [2.24, 2.45) is 0 Å². The average Bonchev–Trinajstić information content (AvgIpc) is 3.30. The zero-order chi connectivity index (χ0) is 24.5. The van der Waals surface area contributed by atoms with Gasteiger partial charge in [-0.3, -0.25) is 9.69 Å². The molecular formula is C26H26ClN5O2S. The van der Waals surface area contributed by atoms with Crippen LogP contribution in [0.5, 0.6) is 5.75 Å². The van der Waals surface area contributed by atoms with E-state index >= 15 is 0 Å². The number of halogens is 1. The van der Waals surface area contributed by atoms with Crippen molar-refractivity contribution in [1.29, 1.82) is 0 Å². The fourth-order valence-electron chi connectivity index (χ4n) is 4.68. The lowest BCUT2D eigenvalue weighted by Crippen LogP contribution is -2.49. The third kappa shape index (κ3) is 4.61. The molecule has 1 aliphatic rings. The average molecular weight is 508 g/mol. The van der Waals surface area contributed by atoms with Crippen LogP contribution in [-0.4, -0.2) is 47.3 Å². The standard InChI is InChI=1S/C26H26ClN5O2S/c1-15-11-19(27)12-17-8-10-29-24(23(15)17)32(20-5-4-9-28-14-20)26(33)18-6-7-21(22(13-18)34-3)25-31-30-16(2)35-25/h6-8,10-13,20,28H,4-5,9,14H2,1-3H3/t20-/m1/s1. The summed E-state index contributed by atoms with van der Waals surface area (Å²) in [6.45, 7) is 5.56. The van der Waals surface area contributed by atoms with E-state index in [1.54, 1.807) is 19.4 Å². The van der Waals surface area contributed by atoms with E-state index in [4.69, 9.17) is 21.3 Å². The first-order chi connectivity index (χ1) is 17.0. The van der Waals surface area contributed by atoms with E-state index in [-0.39, 0.29) is 11.9 Å². The molecule has 1 N–H and O–H groups in total. The molecule has 0 aliphatic carbocycles. The molecule has 2 aromatic heterocycles. The lowest BCUT2D eigenvalue weighted by atomic mass is 10.0. The van der Waals surface area contributed by atoms with Crippen LogP contribution < -0.4 is 15.0 Å². The van der Waals surface area contributed by atoms with Crippen LogP contribution in [0.3, 0.4) is 0 Å². The van der Waals surface area contributed by atoms with Gasteiger partial charge in [-0.2, -0.15) is 0 Å². The van der Waals surface area contributed by atoms with E-state index in [1.165, 1.54) is 11.3 Å². The Morgan fingerprint density at radius 2 is 2.06 bits per heavy atom. The number of methoxy groups -OCH3 is 1. The molecule has 1 atom stereocenters. The summed E-state index contributed by atoms with van der Waals surface area (Å²) >= 11 is 7.82. The number of piperidine rings is 1. The van der Waals surface area contributed by atoms with Crippen molar-refractivity contribution in [3.05, 3.63) is 63.8 Å². The summed E-state index contributed by atoms with van der Waals surface area (Å²) in [6, 6.07) is 11.2. The Bertz CT molecular complexity index is 1400. The number of ether oxygens (including phenoxy) is 1. The van der Waals surface area contributed by atoms with Crippen LogP contribution in [0.15, 0.2) is 42.6 Å². The maximum absolute atomic E-state index is 14.1. The minimum Gasteiger partial charge on any atom is -0.496 e. The number of rotatable bonds is 5. The number of amides is 1. The highest BCUT2D eigenvalue weighted by atomic mass is 35.5. The Hall–Kier alpha value is -3.07. The van der Waals surface area contributed by atoms with Gasteiger partial charge in [0.25, 0.3) is 5.91 Å². The normalized spacial score (nSPS) is 15.8. The molecule has 35 heavy (non-hydrogen) atoms. The van der Waals surface area contributed by atoms with Gasteiger partial charge in [-0.1, -0.05) is 22.9 Å². The van der Waals surface area contributed by atoms with Gasteiger partial charge < -0.3 is 10.1 Å². The number of hydrogen-bond donors (Lipinski definition) is 1. The summed E-state index contributed by atoms with van der Waals surface area (Å²) < 4.78 is 5.66. The molecular weight excluding hydrogens is 482 g/mol. The first-order valence-electron chi connectivity index (χ1n) is 11.5. The third-order valence-electron chi connectivity index (χ3n) is 6.29. The number of fused-ring (bicyclic) bond motifs is 1. The molecule has 2 aromatic carbocycles. The van der Waals surface area contributed by atoms with Crippen LogP contribution in [-0.2, 0) is 0 Å². The molecule has 0 unspecified atom stereocenters. The first kappa shape index (κ1) is 23.7. The largest absolute Gasteiger partial charge is 0.496 e. The highest BCUT2D eigenvalue weighted by Crippen LogP contribution is 2.36. The number of aryl methyl sites for hydroxylation is 2. The Morgan fingerprint density at radius 1 is 1.20 bits per heavy atom. The number of carbonyl (C=O) groups excluding carboxylic acids is 1. The lowest BCUT2D eigenvalue weighted by Gasteiger charge is -2.35. The summed E-state index contributed by atoms with van der Waals surface area (Å²) in [5.41, 5.74) is 2.33. The van der Waals surface area contributed by atoms with Crippen molar-refractivity contribution >= 4 is 45.4 Å². The van der Waals surface area contributed by atoms with Crippen LogP contribution in [0.2, 0.25) is 5.02 Å². The Balaban J connectivity index is 1.62. The van der Waals surface area contributed by atoms with Crippen LogP contribution >= 0.6 is 22.9 Å². The van der Waals surface area contributed by atoms with E-state index in [0.717, 1.165) is 51.3 Å². The molecule has 4 aromatic rings. The molecule has 0 bridgehead atoms. The van der Waals surface area contributed by atoms with Crippen molar-refractivity contribution < 1.29 is 9.53 Å². The minimum atomic E-state index is -0.119. The molecule has 1 fully saturated rings. The molecule has 0 spiro atoms. The molecule has 0 radical (unpaired) electrons. The van der Waals surface area contributed by atoms with Gasteiger partial charge in [0.2, 0.25) is 0 Å². The van der Waals surface area contributed by atoms with Crippen molar-refractivity contribution in [3.8, 4) is 16.3 Å². The number of hydrogen-bond acceptors (Lipinski definition) is 7. The van der Waals surface area contributed by atoms with Gasteiger partial charge in [-0.15, -0.1) is 10.2 Å². The van der Waals surface area contributed by atoms with Crippen molar-refractivity contribution in [2.75, 3.05) is 25.1 Å². The van der Waals surface area contributed by atoms with Crippen LogP contribution in [0, 0.1) is 13.8 Å². The highest BCUT2D eigenvalue weighted by molar-refractivity contribution is 7.14. The van der Waals surface area contributed by atoms with E-state index < -0.39 is 0 Å². The van der Waals surface area contributed by atoms with E-state index in [1.807, 2.05) is 49.1 Å². The predicted octanol–water partition coefficient (Wildman–Crippen LogP) is 5.43. The maximum atomic E-state index is 14.1. The Labute approximate surface area is 213 Å². The second-order valence-electron chi connectivity index (χ2n) is 8.67. The van der Waals surface area contributed by atoms with Crippen LogP contribution in [0.4, 0.5) is 5.82 Å². The van der Waals surface area contributed by atoms with E-state index in [9.17, 15) is 4.79 Å². The number of nitrogens with one attached hydrogen (secondary N) is 1. The van der Waals surface area contributed by atoms with E-state index in [2.05, 4.69) is 15.5 Å². The number of pyridine rings is 1. The summed E-state index contributed by atoms with van der Waals surface area (Å²) in [5, 5.41) is 16.0. The number of nitrogens with zero attached hydrogens (tertiary/aromatic N) is 4. The minimum absolute atomic E-state index is 0.0269. The molecule has 7 nitrogen and oxygen atoms in total. The Kier molecular flexibility index (Phi) is 6.69. The number of anilines is 1. The molecule has 3 heterocycles. The molecule has 1 saturated heterocycles. The van der Waals surface area contributed by atoms with Gasteiger partial charge in [0, 0.05) is 28.7 Å². The van der Waals surface area contributed by atoms with Gasteiger partial charge in [0.05, 0.1) is 18.7 Å². The van der Waals surface area contributed by atoms with E-state index in [0.29, 0.717) is 28.7 Å². The molecule has 1 amide bonds. The maximum Gasteiger partial charge on any atom is 0.259 e. The number of carbonyl (C=O) groups is 1. The summed E-state index contributed by atoms with van der Waals surface area (Å²) in [4.78, 5) is 20.7. The molecule has 9 heteroatoms. The second-order valence-corrected chi connectivity index (χ2v) is 10.3. The molecule has 1 aliphatic heterocycles. The zero-order valence-electron chi connectivity index (χ0n) is 19.8. The third-order valence-corrected chi connectivity index (χ3v) is 7.38. The monoisotopic (exact) mass is 507 g/mol. The van der Waals surface area contributed by atoms with Gasteiger partial charge in [0.15, 0.2) is 5.01 Å². The zero-order valence-corrected chi connectivity index (χ0v) is 21.4. The van der Waals surface area contributed by atoms with Crippen LogP contribution in [0.1, 0.15) is 33.8 Å². The summed E-state index contributed by atoms with van der Waals surface area (Å²) in [7, 11) is 1.60. The molecule has 0 saturated carbocycles. The second kappa shape index (κ2) is 9.89. The fraction of sp³-hybridized carbons (Fsp3) is 0.308. The van der Waals surface area contributed by atoms with Crippen molar-refractivity contribution in [3.63, 3.8) is 0 Å². The summed E-state index contributed by atoms with van der Waals surface area (Å²) in [6.07, 6.45) is 3.62. The first-order valence-corrected chi connectivity index (χ1v) is 12.7. The summed E-state index contributed by atoms with van der Waals surface area (Å²) in [5.74, 6) is 1.12. The molecule has 5 rings (SSSR count). The Morgan fingerprint density at radius 3 is 2.77 bits per heavy atom. The lowest BCUT2D eigenvalue weighted by molar-refractivity contribution is 0.0971. The SMILES string of the molecule is COc1cc(C(=O)N(c2nccc3cc(Cl)cc(C)c23)[C@@H]2CCCNC2)ccc1-c1nnc(C)s1.